The molecule has 10 atom stereocenters. The molecule has 6 nitrogen and oxygen atoms in total. The van der Waals surface area contributed by atoms with Gasteiger partial charge in [0.1, 0.15) is 6.10 Å². The normalized spacial score (nSPS) is 48.0. The molecule has 5 rings (SSSR count). The number of fused-ring (bicyclic) bond motifs is 2. The van der Waals surface area contributed by atoms with Crippen molar-refractivity contribution < 1.29 is 29.0 Å². The number of carbonyl (C=O) groups excluding carboxylic acids is 3. The van der Waals surface area contributed by atoms with E-state index in [1.165, 1.54) is 0 Å². The second-order valence-corrected chi connectivity index (χ2v) is 14.5. The van der Waals surface area contributed by atoms with E-state index in [1.54, 1.807) is 6.08 Å². The van der Waals surface area contributed by atoms with E-state index in [-0.39, 0.29) is 58.8 Å². The van der Waals surface area contributed by atoms with Gasteiger partial charge in [-0.25, -0.2) is 4.79 Å². The van der Waals surface area contributed by atoms with Crippen LogP contribution in [-0.2, 0) is 23.9 Å². The summed E-state index contributed by atoms with van der Waals surface area (Å²) in [5, 5.41) is 11.7. The van der Waals surface area contributed by atoms with Gasteiger partial charge >= 0.3 is 11.9 Å². The van der Waals surface area contributed by atoms with Crippen molar-refractivity contribution in [2.24, 2.45) is 45.3 Å². The maximum atomic E-state index is 13.3. The van der Waals surface area contributed by atoms with Crippen LogP contribution in [0.4, 0.5) is 0 Å². The molecule has 0 aromatic heterocycles. The number of ketones is 1. The molecule has 0 unspecified atom stereocenters. The molecule has 2 aliphatic heterocycles. The molecule has 5 fully saturated rings. The minimum Gasteiger partial charge on any atom is -0.459 e. The van der Waals surface area contributed by atoms with Crippen molar-refractivity contribution in [1.29, 1.82) is 0 Å². The zero-order valence-electron chi connectivity index (χ0n) is 23.3. The number of allylic oxidation sites excluding steroid dienone is 2. The van der Waals surface area contributed by atoms with Crippen molar-refractivity contribution in [1.82, 2.24) is 0 Å². The molecule has 0 spiro atoms. The zero-order valence-corrected chi connectivity index (χ0v) is 23.3. The highest BCUT2D eigenvalue weighted by atomic mass is 16.6. The van der Waals surface area contributed by atoms with Gasteiger partial charge in [0.05, 0.1) is 11.0 Å². The lowest BCUT2D eigenvalue weighted by Crippen LogP contribution is -2.75. The van der Waals surface area contributed by atoms with Crippen LogP contribution in [0, 0.1) is 45.3 Å². The van der Waals surface area contributed by atoms with E-state index in [4.69, 9.17) is 9.47 Å². The summed E-state index contributed by atoms with van der Waals surface area (Å²) in [5.41, 5.74) is -1.54. The van der Waals surface area contributed by atoms with Crippen molar-refractivity contribution in [3.63, 3.8) is 0 Å². The lowest BCUT2D eigenvalue weighted by atomic mass is 9.35. The third-order valence-electron chi connectivity index (χ3n) is 12.0. The van der Waals surface area contributed by atoms with Crippen LogP contribution in [0.5, 0.6) is 0 Å². The van der Waals surface area contributed by atoms with E-state index < -0.39 is 28.5 Å². The first-order valence-corrected chi connectivity index (χ1v) is 13.8. The number of hydrogen-bond acceptors (Lipinski definition) is 6. The fourth-order valence-corrected chi connectivity index (χ4v) is 10.3. The Kier molecular flexibility index (Phi) is 5.53. The Labute approximate surface area is 215 Å². The van der Waals surface area contributed by atoms with Crippen LogP contribution < -0.4 is 0 Å². The molecule has 0 amide bonds. The summed E-state index contributed by atoms with van der Waals surface area (Å²) in [6.45, 7) is 16.5. The molecule has 2 saturated heterocycles. The van der Waals surface area contributed by atoms with Crippen molar-refractivity contribution in [2.45, 2.75) is 112 Å². The molecule has 3 saturated carbocycles. The third kappa shape index (κ3) is 3.15. The summed E-state index contributed by atoms with van der Waals surface area (Å²) < 4.78 is 12.0. The maximum Gasteiger partial charge on any atom is 0.348 e. The molecule has 200 valence electrons. The Morgan fingerprint density at radius 3 is 2.33 bits per heavy atom. The van der Waals surface area contributed by atoms with Crippen molar-refractivity contribution in [3.05, 3.63) is 11.6 Å². The Balaban J connectivity index is 1.55. The molecular weight excluding hydrogens is 456 g/mol. The number of esters is 2. The second kappa shape index (κ2) is 7.68. The van der Waals surface area contributed by atoms with Crippen LogP contribution in [-0.4, -0.2) is 40.6 Å². The molecule has 2 heterocycles. The highest BCUT2D eigenvalue weighted by molar-refractivity contribution is 5.91. The lowest BCUT2D eigenvalue weighted by Gasteiger charge is -2.72. The highest BCUT2D eigenvalue weighted by Crippen LogP contribution is 2.76. The first kappa shape index (κ1) is 25.9. The van der Waals surface area contributed by atoms with Gasteiger partial charge in [0.25, 0.3) is 0 Å². The maximum absolute atomic E-state index is 13.3. The van der Waals surface area contributed by atoms with E-state index in [1.807, 2.05) is 34.6 Å². The van der Waals surface area contributed by atoms with Crippen LogP contribution in [0.15, 0.2) is 11.6 Å². The smallest absolute Gasteiger partial charge is 0.348 e. The molecule has 0 radical (unpaired) electrons. The Bertz CT molecular complexity index is 1040. The number of carbonyl (C=O) groups is 3. The Morgan fingerprint density at radius 2 is 1.69 bits per heavy atom. The van der Waals surface area contributed by atoms with E-state index in [0.717, 1.165) is 31.3 Å². The van der Waals surface area contributed by atoms with Crippen molar-refractivity contribution in [3.8, 4) is 0 Å². The van der Waals surface area contributed by atoms with E-state index in [0.29, 0.717) is 6.42 Å². The first-order chi connectivity index (χ1) is 16.5. The quantitative estimate of drug-likeness (QED) is 0.431. The second-order valence-electron chi connectivity index (χ2n) is 14.5. The van der Waals surface area contributed by atoms with E-state index in [2.05, 4.69) is 20.8 Å². The van der Waals surface area contributed by atoms with Gasteiger partial charge in [0.15, 0.2) is 5.78 Å². The third-order valence-corrected chi connectivity index (χ3v) is 12.0. The number of rotatable bonds is 4. The van der Waals surface area contributed by atoms with Gasteiger partial charge in [-0.2, -0.15) is 0 Å². The van der Waals surface area contributed by atoms with Gasteiger partial charge in [-0.15, -0.1) is 0 Å². The fraction of sp³-hybridized carbons (Fsp3) is 0.833. The molecular formula is C30H44O6. The molecule has 3 aliphatic carbocycles. The van der Waals surface area contributed by atoms with E-state index in [9.17, 15) is 19.5 Å². The van der Waals surface area contributed by atoms with Crippen LogP contribution in [0.2, 0.25) is 0 Å². The standard InChI is InChI=1S/C30H44O6/c1-16(2)13-17(31)15-29(7,34)18-9-11-27(5)19(18)14-20-22-28(27,6)12-10-21-26(3,4)25(33)36-23(24(32)35-20)30(21,22)8/h13,18-23,34H,9-12,14-15H2,1-8H3/t18-,19+,20+,21-,22-,23-,27+,28+,29+,30-/m0/s1. The molecule has 0 bridgehead atoms. The fourth-order valence-electron chi connectivity index (χ4n) is 10.3. The average molecular weight is 501 g/mol. The molecule has 36 heavy (non-hydrogen) atoms. The summed E-state index contributed by atoms with van der Waals surface area (Å²) in [6, 6.07) is 0. The predicted molar refractivity (Wildman–Crippen MR) is 135 cm³/mol. The zero-order chi connectivity index (χ0) is 26.6. The van der Waals surface area contributed by atoms with E-state index >= 15 is 0 Å². The van der Waals surface area contributed by atoms with Crippen molar-refractivity contribution in [2.75, 3.05) is 0 Å². The summed E-state index contributed by atoms with van der Waals surface area (Å²) in [6.07, 6.45) is 4.92. The Morgan fingerprint density at radius 1 is 1.06 bits per heavy atom. The highest BCUT2D eigenvalue weighted by Gasteiger charge is 2.77. The van der Waals surface area contributed by atoms with Gasteiger partial charge in [-0.1, -0.05) is 26.3 Å². The molecule has 0 aromatic rings. The van der Waals surface area contributed by atoms with Gasteiger partial charge in [-0.3, -0.25) is 9.59 Å². The SMILES string of the molecule is CC(C)=CC(=O)C[C@@](C)(O)[C@H]1CC[C@]2(C)[C@@H]1C[C@H]1OC(=O)[C@@H]3OC(=O)C(C)(C)[C@@H]4CC[C@]2(C)[C@H]1[C@@]34C. The molecule has 0 aromatic carbocycles. The van der Waals surface area contributed by atoms with Crippen LogP contribution in [0.25, 0.3) is 0 Å². The number of ether oxygens (including phenoxy) is 2. The predicted octanol–water partition coefficient (Wildman–Crippen LogP) is 5.01. The molecule has 5 aliphatic rings. The monoisotopic (exact) mass is 500 g/mol. The lowest BCUT2D eigenvalue weighted by molar-refractivity contribution is -0.304. The van der Waals surface area contributed by atoms with Crippen LogP contribution in [0.1, 0.15) is 93.9 Å². The Hall–Kier alpha value is -1.69. The average Bonchev–Trinajstić information content (AvgIpc) is 3.07. The van der Waals surface area contributed by atoms with Crippen LogP contribution >= 0.6 is 0 Å². The first-order valence-electron chi connectivity index (χ1n) is 13.8. The minimum absolute atomic E-state index is 0.0419. The van der Waals surface area contributed by atoms with Gasteiger partial charge in [-0.05, 0) is 101 Å². The summed E-state index contributed by atoms with van der Waals surface area (Å²) in [5.74, 6) is -0.533. The minimum atomic E-state index is -1.13. The number of aliphatic hydroxyl groups is 1. The topological polar surface area (TPSA) is 89.9 Å². The number of hydrogen-bond donors (Lipinski definition) is 1. The largest absolute Gasteiger partial charge is 0.459 e. The molecule has 1 N–H and O–H groups in total. The van der Waals surface area contributed by atoms with Crippen LogP contribution in [0.3, 0.4) is 0 Å². The summed E-state index contributed by atoms with van der Waals surface area (Å²) in [7, 11) is 0. The molecule has 6 heteroatoms. The summed E-state index contributed by atoms with van der Waals surface area (Å²) >= 11 is 0. The summed E-state index contributed by atoms with van der Waals surface area (Å²) in [4.78, 5) is 38.9. The van der Waals surface area contributed by atoms with Crippen molar-refractivity contribution >= 4 is 17.7 Å². The van der Waals surface area contributed by atoms with Gasteiger partial charge < -0.3 is 14.6 Å². The van der Waals surface area contributed by atoms with Gasteiger partial charge in [0.2, 0.25) is 6.10 Å². The van der Waals surface area contributed by atoms with Gasteiger partial charge in [0, 0.05) is 17.8 Å².